The molecule has 2 aromatic carbocycles. The average Bonchev–Trinajstić information content (AvgIpc) is 2.69. The quantitative estimate of drug-likeness (QED) is 0.670. The van der Waals surface area contributed by atoms with Gasteiger partial charge in [-0.05, 0) is 55.5 Å². The maximum atomic E-state index is 12.3. The maximum Gasteiger partial charge on any atom is 0.274 e. The average molecular weight is 356 g/mol. The van der Waals surface area contributed by atoms with Gasteiger partial charge in [-0.2, -0.15) is 5.26 Å². The Balaban J connectivity index is 1.67. The first-order valence-corrected chi connectivity index (χ1v) is 8.21. The number of rotatable bonds is 5. The van der Waals surface area contributed by atoms with Crippen molar-refractivity contribution in [3.63, 3.8) is 0 Å². The largest absolute Gasteiger partial charge is 0.354 e. The van der Waals surface area contributed by atoms with Crippen molar-refractivity contribution in [2.45, 2.75) is 6.92 Å². The number of carbonyl (C=O) groups excluding carboxylic acids is 2. The smallest absolute Gasteiger partial charge is 0.274 e. The van der Waals surface area contributed by atoms with E-state index in [4.69, 9.17) is 5.26 Å². The highest BCUT2D eigenvalue weighted by Crippen LogP contribution is 2.17. The fourth-order valence-electron chi connectivity index (χ4n) is 2.41. The van der Waals surface area contributed by atoms with Crippen LogP contribution in [-0.4, -0.2) is 16.7 Å². The number of hydrogen-bond acceptors (Lipinski definition) is 5. The van der Waals surface area contributed by atoms with Gasteiger partial charge in [-0.1, -0.05) is 12.1 Å². The highest BCUT2D eigenvalue weighted by molar-refractivity contribution is 6.04. The number of hydrogen-bond donors (Lipinski definition) is 2. The van der Waals surface area contributed by atoms with E-state index in [1.54, 1.807) is 66.9 Å². The molecule has 0 bridgehead atoms. The Kier molecular flexibility index (Phi) is 5.24. The lowest BCUT2D eigenvalue weighted by molar-refractivity contribution is 0.100. The van der Waals surface area contributed by atoms with Crippen molar-refractivity contribution < 1.29 is 9.59 Å². The van der Waals surface area contributed by atoms with Gasteiger partial charge in [0, 0.05) is 16.9 Å². The molecule has 1 aromatic heterocycles. The predicted octanol–water partition coefficient (Wildman–Crippen LogP) is 4.15. The summed E-state index contributed by atoms with van der Waals surface area (Å²) in [6.45, 7) is 1.47. The van der Waals surface area contributed by atoms with Crippen molar-refractivity contribution in [1.29, 1.82) is 5.26 Å². The van der Waals surface area contributed by atoms with Gasteiger partial charge in [-0.15, -0.1) is 0 Å². The van der Waals surface area contributed by atoms with Crippen LogP contribution in [0.2, 0.25) is 0 Å². The second-order valence-electron chi connectivity index (χ2n) is 5.84. The number of pyridine rings is 1. The maximum absolute atomic E-state index is 12.3. The normalized spacial score (nSPS) is 9.93. The number of nitrogens with zero attached hydrogens (tertiary/aromatic N) is 2. The van der Waals surface area contributed by atoms with E-state index >= 15 is 0 Å². The molecular weight excluding hydrogens is 340 g/mol. The third-order valence-corrected chi connectivity index (χ3v) is 3.83. The summed E-state index contributed by atoms with van der Waals surface area (Å²) in [6.07, 6.45) is 1.55. The van der Waals surface area contributed by atoms with Crippen LogP contribution in [0, 0.1) is 11.3 Å². The second-order valence-corrected chi connectivity index (χ2v) is 5.84. The first-order chi connectivity index (χ1) is 13.0. The summed E-state index contributed by atoms with van der Waals surface area (Å²) < 4.78 is 0. The Morgan fingerprint density at radius 1 is 0.963 bits per heavy atom. The van der Waals surface area contributed by atoms with Crippen molar-refractivity contribution in [1.82, 2.24) is 4.98 Å². The molecule has 27 heavy (non-hydrogen) atoms. The van der Waals surface area contributed by atoms with Crippen LogP contribution in [0.15, 0.2) is 66.9 Å². The summed E-state index contributed by atoms with van der Waals surface area (Å²) in [7, 11) is 0. The first kappa shape index (κ1) is 17.8. The number of anilines is 3. The number of aromatic nitrogens is 1. The van der Waals surface area contributed by atoms with E-state index in [1.165, 1.54) is 6.92 Å². The van der Waals surface area contributed by atoms with Crippen LogP contribution in [-0.2, 0) is 0 Å². The zero-order chi connectivity index (χ0) is 19.2. The second kappa shape index (κ2) is 7.93. The molecule has 3 rings (SSSR count). The van der Waals surface area contributed by atoms with Gasteiger partial charge in [-0.25, -0.2) is 4.98 Å². The Hall–Kier alpha value is -3.98. The Labute approximate surface area is 156 Å². The number of benzene rings is 2. The standard InChI is InChI=1S/C21H16N4O2/c1-14(26)16-3-2-4-18(11-16)25-21(27)20-10-9-19(13-23-20)24-17-7-5-15(12-22)6-8-17/h2-11,13,24H,1H3,(H,25,27). The van der Waals surface area contributed by atoms with E-state index in [1.807, 2.05) is 0 Å². The third-order valence-electron chi connectivity index (χ3n) is 3.83. The molecule has 1 amide bonds. The van der Waals surface area contributed by atoms with Crippen molar-refractivity contribution in [3.05, 3.63) is 83.7 Å². The highest BCUT2D eigenvalue weighted by Gasteiger charge is 2.09. The van der Waals surface area contributed by atoms with E-state index in [9.17, 15) is 9.59 Å². The number of nitriles is 1. The van der Waals surface area contributed by atoms with Gasteiger partial charge < -0.3 is 10.6 Å². The molecule has 0 spiro atoms. The Bertz CT molecular complexity index is 1020. The van der Waals surface area contributed by atoms with Gasteiger partial charge in [-0.3, -0.25) is 9.59 Å². The summed E-state index contributed by atoms with van der Waals surface area (Å²) >= 11 is 0. The number of carbonyl (C=O) groups is 2. The van der Waals surface area contributed by atoms with Gasteiger partial charge in [0.25, 0.3) is 5.91 Å². The van der Waals surface area contributed by atoms with Crippen LogP contribution >= 0.6 is 0 Å². The SMILES string of the molecule is CC(=O)c1cccc(NC(=O)c2ccc(Nc3ccc(C#N)cc3)cn2)c1. The zero-order valence-corrected chi connectivity index (χ0v) is 14.6. The Morgan fingerprint density at radius 3 is 2.33 bits per heavy atom. The molecule has 0 fully saturated rings. The van der Waals surface area contributed by atoms with Crippen LogP contribution in [0.1, 0.15) is 33.3 Å². The molecule has 0 saturated carbocycles. The molecule has 0 aliphatic carbocycles. The number of ketones is 1. The third kappa shape index (κ3) is 4.55. The summed E-state index contributed by atoms with van der Waals surface area (Å²) in [4.78, 5) is 27.9. The predicted molar refractivity (Wildman–Crippen MR) is 103 cm³/mol. The van der Waals surface area contributed by atoms with Crippen LogP contribution in [0.5, 0.6) is 0 Å². The van der Waals surface area contributed by atoms with E-state index in [0.29, 0.717) is 16.8 Å². The topological polar surface area (TPSA) is 94.9 Å². The molecule has 0 saturated heterocycles. The molecule has 1 heterocycles. The number of amides is 1. The monoisotopic (exact) mass is 356 g/mol. The number of nitrogens with one attached hydrogen (secondary N) is 2. The molecule has 0 aliphatic heterocycles. The molecule has 2 N–H and O–H groups in total. The molecule has 0 atom stereocenters. The highest BCUT2D eigenvalue weighted by atomic mass is 16.2. The fraction of sp³-hybridized carbons (Fsp3) is 0.0476. The van der Waals surface area contributed by atoms with E-state index in [-0.39, 0.29) is 17.4 Å². The molecule has 6 nitrogen and oxygen atoms in total. The van der Waals surface area contributed by atoms with Gasteiger partial charge in [0.1, 0.15) is 5.69 Å². The van der Waals surface area contributed by atoms with E-state index < -0.39 is 0 Å². The van der Waals surface area contributed by atoms with Gasteiger partial charge in [0.05, 0.1) is 23.5 Å². The zero-order valence-electron chi connectivity index (χ0n) is 14.6. The summed E-state index contributed by atoms with van der Waals surface area (Å²) in [5.74, 6) is -0.428. The lowest BCUT2D eigenvalue weighted by Crippen LogP contribution is -2.14. The summed E-state index contributed by atoms with van der Waals surface area (Å²) in [6, 6.07) is 19.2. The van der Waals surface area contributed by atoms with E-state index in [0.717, 1.165) is 11.4 Å². The molecule has 3 aromatic rings. The lowest BCUT2D eigenvalue weighted by Gasteiger charge is -2.08. The van der Waals surface area contributed by atoms with Crippen LogP contribution < -0.4 is 10.6 Å². The molecule has 0 radical (unpaired) electrons. The van der Waals surface area contributed by atoms with Crippen molar-refractivity contribution in [3.8, 4) is 6.07 Å². The minimum Gasteiger partial charge on any atom is -0.354 e. The first-order valence-electron chi connectivity index (χ1n) is 8.21. The lowest BCUT2D eigenvalue weighted by atomic mass is 10.1. The minimum absolute atomic E-state index is 0.0672. The summed E-state index contributed by atoms with van der Waals surface area (Å²) in [5.41, 5.74) is 3.44. The number of Topliss-reactive ketones (excluding diaryl/α,β-unsaturated/α-hetero) is 1. The minimum atomic E-state index is -0.361. The molecule has 6 heteroatoms. The van der Waals surface area contributed by atoms with Gasteiger partial charge in [0.2, 0.25) is 0 Å². The van der Waals surface area contributed by atoms with Crippen molar-refractivity contribution in [2.24, 2.45) is 0 Å². The van der Waals surface area contributed by atoms with Crippen molar-refractivity contribution >= 4 is 28.8 Å². The molecule has 0 aliphatic rings. The van der Waals surface area contributed by atoms with Crippen LogP contribution in [0.3, 0.4) is 0 Å². The van der Waals surface area contributed by atoms with Gasteiger partial charge >= 0.3 is 0 Å². The van der Waals surface area contributed by atoms with Crippen molar-refractivity contribution in [2.75, 3.05) is 10.6 Å². The fourth-order valence-corrected chi connectivity index (χ4v) is 2.41. The molecule has 0 unspecified atom stereocenters. The molecular formula is C21H16N4O2. The summed E-state index contributed by atoms with van der Waals surface area (Å²) in [5, 5.41) is 14.7. The van der Waals surface area contributed by atoms with Gasteiger partial charge in [0.15, 0.2) is 5.78 Å². The van der Waals surface area contributed by atoms with Crippen LogP contribution in [0.4, 0.5) is 17.1 Å². The van der Waals surface area contributed by atoms with E-state index in [2.05, 4.69) is 21.7 Å². The van der Waals surface area contributed by atoms with Crippen LogP contribution in [0.25, 0.3) is 0 Å². The molecule has 132 valence electrons. The Morgan fingerprint density at radius 2 is 1.70 bits per heavy atom.